The highest BCUT2D eigenvalue weighted by Gasteiger charge is 2.36. The summed E-state index contributed by atoms with van der Waals surface area (Å²) in [6.07, 6.45) is 5.83. The summed E-state index contributed by atoms with van der Waals surface area (Å²) < 4.78 is 17.0. The Labute approximate surface area is 197 Å². The molecule has 2 saturated heterocycles. The number of unbranched alkanes of at least 4 members (excludes halogenated alkanes) is 1. The first-order chi connectivity index (χ1) is 15.6. The van der Waals surface area contributed by atoms with Gasteiger partial charge < -0.3 is 19.1 Å². The molecule has 0 saturated carbocycles. The van der Waals surface area contributed by atoms with Gasteiger partial charge in [0, 0.05) is 43.5 Å². The van der Waals surface area contributed by atoms with Gasteiger partial charge in [0.15, 0.2) is 11.5 Å². The molecule has 2 atom stereocenters. The fourth-order valence-electron chi connectivity index (χ4n) is 5.02. The molecule has 0 unspecified atom stereocenters. The summed E-state index contributed by atoms with van der Waals surface area (Å²) in [6.45, 7) is 5.96. The lowest BCUT2D eigenvalue weighted by Crippen LogP contribution is -2.55. The van der Waals surface area contributed by atoms with Gasteiger partial charge in [-0.05, 0) is 55.5 Å². The second kappa shape index (κ2) is 10.7. The lowest BCUT2D eigenvalue weighted by Gasteiger charge is -2.49. The van der Waals surface area contributed by atoms with Crippen molar-refractivity contribution >= 4 is 17.3 Å². The Hall–Kier alpha value is -2.11. The molecule has 0 bridgehead atoms. The van der Waals surface area contributed by atoms with Gasteiger partial charge in [-0.2, -0.15) is 0 Å². The third kappa shape index (κ3) is 4.94. The van der Waals surface area contributed by atoms with Crippen molar-refractivity contribution in [2.24, 2.45) is 0 Å². The lowest BCUT2D eigenvalue weighted by atomic mass is 9.89. The van der Waals surface area contributed by atoms with Gasteiger partial charge in [0.05, 0.1) is 25.8 Å². The Morgan fingerprint density at radius 2 is 1.81 bits per heavy atom. The number of hydrogen-bond acceptors (Lipinski definition) is 5. The van der Waals surface area contributed by atoms with E-state index in [1.54, 1.807) is 14.2 Å². The highest BCUT2D eigenvalue weighted by Crippen LogP contribution is 2.40. The van der Waals surface area contributed by atoms with E-state index in [1.165, 1.54) is 30.5 Å². The minimum Gasteiger partial charge on any atom is -0.495 e. The molecule has 2 heterocycles. The number of nitrogens with zero attached hydrogens (tertiary/aromatic N) is 2. The van der Waals surface area contributed by atoms with E-state index in [1.807, 2.05) is 6.07 Å². The molecule has 2 aromatic carbocycles. The molecule has 2 aliphatic heterocycles. The van der Waals surface area contributed by atoms with Crippen LogP contribution >= 0.6 is 11.6 Å². The third-order valence-corrected chi connectivity index (χ3v) is 7.08. The van der Waals surface area contributed by atoms with E-state index in [4.69, 9.17) is 25.8 Å². The Kier molecular flexibility index (Phi) is 7.69. The average molecular weight is 459 g/mol. The molecule has 0 N–H and O–H groups in total. The van der Waals surface area contributed by atoms with Crippen molar-refractivity contribution in [3.05, 3.63) is 47.0 Å². The molecule has 0 radical (unpaired) electrons. The van der Waals surface area contributed by atoms with Crippen LogP contribution in [0.3, 0.4) is 0 Å². The predicted octanol–water partition coefficient (Wildman–Crippen LogP) is 5.95. The summed E-state index contributed by atoms with van der Waals surface area (Å²) in [4.78, 5) is 5.16. The van der Waals surface area contributed by atoms with E-state index in [0.29, 0.717) is 17.1 Å². The first kappa shape index (κ1) is 23.1. The van der Waals surface area contributed by atoms with Crippen molar-refractivity contribution in [3.63, 3.8) is 0 Å². The van der Waals surface area contributed by atoms with Gasteiger partial charge in [-0.25, -0.2) is 0 Å². The highest BCUT2D eigenvalue weighted by atomic mass is 35.5. The van der Waals surface area contributed by atoms with Crippen LogP contribution in [0.25, 0.3) is 0 Å². The quantitative estimate of drug-likeness (QED) is 0.456. The van der Waals surface area contributed by atoms with Crippen LogP contribution in [-0.4, -0.2) is 51.4 Å². The van der Waals surface area contributed by atoms with Crippen LogP contribution in [0.2, 0.25) is 5.02 Å². The number of piperidine rings is 1. The average Bonchev–Trinajstić information content (AvgIpc) is 2.84. The largest absolute Gasteiger partial charge is 0.495 e. The van der Waals surface area contributed by atoms with E-state index >= 15 is 0 Å². The Morgan fingerprint density at radius 3 is 2.59 bits per heavy atom. The van der Waals surface area contributed by atoms with E-state index < -0.39 is 0 Å². The topological polar surface area (TPSA) is 34.2 Å². The molecule has 5 nitrogen and oxygen atoms in total. The Bertz CT molecular complexity index is 907. The van der Waals surface area contributed by atoms with E-state index in [0.717, 1.165) is 56.3 Å². The molecule has 2 aliphatic rings. The monoisotopic (exact) mass is 458 g/mol. The number of piperazine rings is 1. The number of fused-ring (bicyclic) bond motifs is 1. The highest BCUT2D eigenvalue weighted by molar-refractivity contribution is 6.32. The molecule has 174 valence electrons. The summed E-state index contributed by atoms with van der Waals surface area (Å²) in [5.74, 6) is 2.42. The summed E-state index contributed by atoms with van der Waals surface area (Å²) in [6, 6.07) is 13.6. The fourth-order valence-corrected chi connectivity index (χ4v) is 5.22. The maximum Gasteiger partial charge on any atom is 0.161 e. The molecule has 0 aromatic heterocycles. The van der Waals surface area contributed by atoms with E-state index in [2.05, 4.69) is 47.1 Å². The number of hydrogen-bond donors (Lipinski definition) is 0. The first-order valence-corrected chi connectivity index (χ1v) is 12.2. The Morgan fingerprint density at radius 1 is 0.969 bits per heavy atom. The van der Waals surface area contributed by atoms with Crippen molar-refractivity contribution in [1.82, 2.24) is 4.90 Å². The first-order valence-electron chi connectivity index (χ1n) is 11.8. The van der Waals surface area contributed by atoms with Crippen LogP contribution < -0.4 is 19.1 Å². The smallest absolute Gasteiger partial charge is 0.161 e. The fraction of sp³-hybridized carbons (Fsp3) is 0.538. The zero-order valence-electron chi connectivity index (χ0n) is 19.5. The van der Waals surface area contributed by atoms with Gasteiger partial charge in [0.25, 0.3) is 0 Å². The Balaban J connectivity index is 1.48. The number of anilines is 1. The predicted molar refractivity (Wildman–Crippen MR) is 131 cm³/mol. The van der Waals surface area contributed by atoms with Gasteiger partial charge in [-0.1, -0.05) is 31.0 Å². The summed E-state index contributed by atoms with van der Waals surface area (Å²) in [5.41, 5.74) is 2.51. The number of methoxy groups -OCH3 is 2. The van der Waals surface area contributed by atoms with Crippen LogP contribution in [0.4, 0.5) is 5.69 Å². The molecule has 6 heteroatoms. The van der Waals surface area contributed by atoms with Crippen molar-refractivity contribution in [2.75, 3.05) is 45.4 Å². The molecule has 2 aromatic rings. The number of benzene rings is 2. The molecule has 0 aliphatic carbocycles. The van der Waals surface area contributed by atoms with Crippen LogP contribution in [0, 0.1) is 0 Å². The molecule has 4 rings (SSSR count). The van der Waals surface area contributed by atoms with Crippen molar-refractivity contribution in [2.45, 2.75) is 51.1 Å². The number of halogens is 1. The van der Waals surface area contributed by atoms with Crippen molar-refractivity contribution in [1.29, 1.82) is 0 Å². The third-order valence-electron chi connectivity index (χ3n) is 6.77. The zero-order chi connectivity index (χ0) is 22.5. The van der Waals surface area contributed by atoms with Crippen LogP contribution in [0.5, 0.6) is 17.2 Å². The van der Waals surface area contributed by atoms with Gasteiger partial charge in [-0.3, -0.25) is 4.90 Å². The minimum atomic E-state index is 0.425. The van der Waals surface area contributed by atoms with Crippen LogP contribution in [0.15, 0.2) is 36.4 Å². The van der Waals surface area contributed by atoms with E-state index in [-0.39, 0.29) is 0 Å². The standard InChI is InChI=1S/C26H35ClN2O3/c1-4-5-15-32-24-12-9-19(16-26(24)31-3)23-8-6-7-21-18-28(13-14-29(21)23)20-10-11-22(27)25(17-20)30-2/h9-12,16-17,21,23H,4-8,13-15,18H2,1-3H3/t21-,23+/m0/s1. The van der Waals surface area contributed by atoms with Gasteiger partial charge in [-0.15, -0.1) is 0 Å². The summed E-state index contributed by atoms with van der Waals surface area (Å²) in [7, 11) is 3.40. The maximum absolute atomic E-state index is 6.23. The molecule has 32 heavy (non-hydrogen) atoms. The molecule has 0 amide bonds. The van der Waals surface area contributed by atoms with Gasteiger partial charge >= 0.3 is 0 Å². The second-order valence-corrected chi connectivity index (χ2v) is 9.12. The molecule has 2 fully saturated rings. The molecule has 0 spiro atoms. The van der Waals surface area contributed by atoms with Crippen LogP contribution in [-0.2, 0) is 0 Å². The minimum absolute atomic E-state index is 0.425. The lowest BCUT2D eigenvalue weighted by molar-refractivity contribution is 0.0715. The second-order valence-electron chi connectivity index (χ2n) is 8.72. The number of ether oxygens (including phenoxy) is 3. The van der Waals surface area contributed by atoms with Gasteiger partial charge in [0.2, 0.25) is 0 Å². The van der Waals surface area contributed by atoms with Crippen LogP contribution in [0.1, 0.15) is 50.6 Å². The maximum atomic E-state index is 6.23. The van der Waals surface area contributed by atoms with Crippen molar-refractivity contribution < 1.29 is 14.2 Å². The van der Waals surface area contributed by atoms with E-state index in [9.17, 15) is 0 Å². The zero-order valence-corrected chi connectivity index (χ0v) is 20.2. The van der Waals surface area contributed by atoms with Gasteiger partial charge in [0.1, 0.15) is 5.75 Å². The SMILES string of the molecule is CCCCOc1ccc([C@H]2CCC[C@H]3CN(c4ccc(Cl)c(OC)c4)CCN32)cc1OC. The van der Waals surface area contributed by atoms with Crippen molar-refractivity contribution in [3.8, 4) is 17.2 Å². The molecular weight excluding hydrogens is 424 g/mol. The number of rotatable bonds is 8. The summed E-state index contributed by atoms with van der Waals surface area (Å²) in [5, 5.41) is 0.656. The normalized spacial score (nSPS) is 21.2. The molecular formula is C26H35ClN2O3. The summed E-state index contributed by atoms with van der Waals surface area (Å²) >= 11 is 6.23.